The highest BCUT2D eigenvalue weighted by molar-refractivity contribution is 5.94. The Bertz CT molecular complexity index is 1140. The van der Waals surface area contributed by atoms with Crippen molar-refractivity contribution in [2.45, 2.75) is 31.9 Å². The third-order valence-corrected chi connectivity index (χ3v) is 5.00. The van der Waals surface area contributed by atoms with E-state index in [1.54, 1.807) is 6.07 Å². The van der Waals surface area contributed by atoms with Crippen LogP contribution < -0.4 is 10.9 Å². The second-order valence-electron chi connectivity index (χ2n) is 6.91. The first-order valence-corrected chi connectivity index (χ1v) is 9.33. The molecule has 0 unspecified atom stereocenters. The number of nitrogens with one attached hydrogen (secondary N) is 1. The first-order valence-electron chi connectivity index (χ1n) is 9.33. The van der Waals surface area contributed by atoms with Crippen molar-refractivity contribution in [3.8, 4) is 11.4 Å². The minimum atomic E-state index is -2.83. The highest BCUT2D eigenvalue weighted by atomic mass is 19.3. The number of aliphatic hydroxyl groups is 1. The Morgan fingerprint density at radius 3 is 2.90 bits per heavy atom. The van der Waals surface area contributed by atoms with E-state index in [0.29, 0.717) is 24.0 Å². The molecular weight excluding hydrogens is 398 g/mol. The predicted molar refractivity (Wildman–Crippen MR) is 101 cm³/mol. The average Bonchev–Trinajstić information content (AvgIpc) is 3.37. The van der Waals surface area contributed by atoms with Crippen molar-refractivity contribution in [1.82, 2.24) is 20.0 Å². The average molecular weight is 416 g/mol. The van der Waals surface area contributed by atoms with E-state index in [9.17, 15) is 18.4 Å². The van der Waals surface area contributed by atoms with E-state index in [2.05, 4.69) is 20.0 Å². The van der Waals surface area contributed by atoms with Crippen molar-refractivity contribution in [1.29, 1.82) is 0 Å². The SMILES string of the molecule is O=C(N[C@@H]1CCc2cc(-c3noc(C(F)F)n3)ccc21)c1ccc(=O)n(CCO)c1. The van der Waals surface area contributed by atoms with Gasteiger partial charge in [-0.3, -0.25) is 9.59 Å². The van der Waals surface area contributed by atoms with Crippen LogP contribution in [0, 0.1) is 0 Å². The van der Waals surface area contributed by atoms with E-state index < -0.39 is 12.3 Å². The normalized spacial score (nSPS) is 15.4. The first kappa shape index (κ1) is 19.9. The van der Waals surface area contributed by atoms with E-state index in [-0.39, 0.29) is 36.5 Å². The topological polar surface area (TPSA) is 110 Å². The number of hydrogen-bond donors (Lipinski definition) is 2. The highest BCUT2D eigenvalue weighted by Gasteiger charge is 2.26. The number of amides is 1. The fraction of sp³-hybridized carbons (Fsp3) is 0.300. The lowest BCUT2D eigenvalue weighted by atomic mass is 10.0. The van der Waals surface area contributed by atoms with Gasteiger partial charge in [0.1, 0.15) is 0 Å². The fourth-order valence-corrected chi connectivity index (χ4v) is 3.54. The number of carbonyl (C=O) groups is 1. The number of halogens is 2. The van der Waals surface area contributed by atoms with Crippen LogP contribution in [0.4, 0.5) is 8.78 Å². The maximum Gasteiger partial charge on any atom is 0.315 e. The van der Waals surface area contributed by atoms with Crippen LogP contribution in [0.25, 0.3) is 11.4 Å². The van der Waals surface area contributed by atoms with Crippen LogP contribution in [0.2, 0.25) is 0 Å². The molecule has 1 amide bonds. The Hall–Kier alpha value is -3.40. The number of benzene rings is 1. The molecule has 10 heteroatoms. The van der Waals surface area contributed by atoms with E-state index in [0.717, 1.165) is 11.1 Å². The minimum absolute atomic E-state index is 0.0896. The summed E-state index contributed by atoms with van der Waals surface area (Å²) >= 11 is 0. The largest absolute Gasteiger partial charge is 0.395 e. The zero-order chi connectivity index (χ0) is 21.3. The molecule has 2 N–H and O–H groups in total. The van der Waals surface area contributed by atoms with E-state index in [1.165, 1.54) is 22.9 Å². The molecule has 2 aromatic heterocycles. The molecule has 8 nitrogen and oxygen atoms in total. The number of rotatable bonds is 6. The molecule has 0 bridgehead atoms. The molecule has 1 aromatic carbocycles. The van der Waals surface area contributed by atoms with Gasteiger partial charge in [-0.1, -0.05) is 17.3 Å². The summed E-state index contributed by atoms with van der Waals surface area (Å²) in [7, 11) is 0. The lowest BCUT2D eigenvalue weighted by Gasteiger charge is -2.15. The van der Waals surface area contributed by atoms with Gasteiger partial charge in [0.2, 0.25) is 5.82 Å². The molecule has 4 rings (SSSR count). The third kappa shape index (κ3) is 3.86. The zero-order valence-electron chi connectivity index (χ0n) is 15.7. The van der Waals surface area contributed by atoms with Gasteiger partial charge in [0.05, 0.1) is 18.2 Å². The Labute approximate surface area is 169 Å². The molecule has 1 aliphatic carbocycles. The van der Waals surface area contributed by atoms with Crippen molar-refractivity contribution in [2.24, 2.45) is 0 Å². The number of aliphatic hydroxyl groups excluding tert-OH is 1. The second-order valence-corrected chi connectivity index (χ2v) is 6.91. The van der Waals surface area contributed by atoms with E-state index in [4.69, 9.17) is 5.11 Å². The van der Waals surface area contributed by atoms with Crippen molar-refractivity contribution in [3.05, 3.63) is 69.5 Å². The summed E-state index contributed by atoms with van der Waals surface area (Å²) in [5.74, 6) is -0.965. The van der Waals surface area contributed by atoms with Crippen LogP contribution in [-0.2, 0) is 13.0 Å². The van der Waals surface area contributed by atoms with Gasteiger partial charge >= 0.3 is 6.43 Å². The molecule has 0 fully saturated rings. The molecule has 0 aliphatic heterocycles. The maximum atomic E-state index is 12.7. The molecule has 0 saturated carbocycles. The minimum Gasteiger partial charge on any atom is -0.395 e. The van der Waals surface area contributed by atoms with E-state index in [1.807, 2.05) is 12.1 Å². The second kappa shape index (κ2) is 8.15. The smallest absolute Gasteiger partial charge is 0.315 e. The summed E-state index contributed by atoms with van der Waals surface area (Å²) in [6, 6.07) is 7.84. The molecular formula is C20H18F2N4O4. The Morgan fingerprint density at radius 2 is 2.17 bits per heavy atom. The predicted octanol–water partition coefficient (Wildman–Crippen LogP) is 2.25. The molecule has 1 atom stereocenters. The lowest BCUT2D eigenvalue weighted by molar-refractivity contribution is 0.0935. The van der Waals surface area contributed by atoms with Crippen LogP contribution in [0.5, 0.6) is 0 Å². The van der Waals surface area contributed by atoms with Crippen LogP contribution in [-0.4, -0.2) is 32.3 Å². The number of carbonyl (C=O) groups excluding carboxylic acids is 1. The van der Waals surface area contributed by atoms with Gasteiger partial charge in [-0.05, 0) is 36.1 Å². The molecule has 156 valence electrons. The summed E-state index contributed by atoms with van der Waals surface area (Å²) in [6.45, 7) is -0.0964. The number of nitrogens with zero attached hydrogens (tertiary/aromatic N) is 3. The molecule has 0 radical (unpaired) electrons. The summed E-state index contributed by atoms with van der Waals surface area (Å²) in [4.78, 5) is 28.1. The van der Waals surface area contributed by atoms with Crippen LogP contribution in [0.15, 0.2) is 45.8 Å². The van der Waals surface area contributed by atoms with Gasteiger partial charge in [0, 0.05) is 24.4 Å². The van der Waals surface area contributed by atoms with Gasteiger partial charge in [0.15, 0.2) is 0 Å². The quantitative estimate of drug-likeness (QED) is 0.638. The van der Waals surface area contributed by atoms with Gasteiger partial charge in [-0.15, -0.1) is 0 Å². The fourth-order valence-electron chi connectivity index (χ4n) is 3.54. The summed E-state index contributed by atoms with van der Waals surface area (Å²) in [6.07, 6.45) is -0.0384. The number of alkyl halides is 2. The molecule has 3 aromatic rings. The molecule has 30 heavy (non-hydrogen) atoms. The first-order chi connectivity index (χ1) is 14.5. The van der Waals surface area contributed by atoms with Gasteiger partial charge in [-0.25, -0.2) is 0 Å². The number of pyridine rings is 1. The summed E-state index contributed by atoms with van der Waals surface area (Å²) in [5, 5.41) is 15.6. The van der Waals surface area contributed by atoms with Gasteiger partial charge < -0.3 is 19.5 Å². The molecule has 1 aliphatic rings. The monoisotopic (exact) mass is 416 g/mol. The maximum absolute atomic E-state index is 12.7. The van der Waals surface area contributed by atoms with Crippen molar-refractivity contribution in [3.63, 3.8) is 0 Å². The summed E-state index contributed by atoms with van der Waals surface area (Å²) in [5.41, 5.74) is 2.47. The standard InChI is InChI=1S/C20H18F2N4O4/c21-17(22)20-24-18(25-30-20)12-1-4-14-11(9-12)2-5-15(14)23-19(29)13-3-6-16(28)26(10-13)7-8-27/h1,3-4,6,9-10,15,17,27H,2,5,7-8H2,(H,23,29)/t15-/m1/s1. The number of hydrogen-bond acceptors (Lipinski definition) is 6. The number of fused-ring (bicyclic) bond motifs is 1. The van der Waals surface area contributed by atoms with Crippen LogP contribution in [0.3, 0.4) is 0 Å². The van der Waals surface area contributed by atoms with Gasteiger partial charge in [0.25, 0.3) is 17.4 Å². The van der Waals surface area contributed by atoms with Crippen molar-refractivity contribution in [2.75, 3.05) is 6.61 Å². The molecule has 2 heterocycles. The van der Waals surface area contributed by atoms with Crippen molar-refractivity contribution < 1.29 is 23.2 Å². The zero-order valence-corrected chi connectivity index (χ0v) is 15.7. The highest BCUT2D eigenvalue weighted by Crippen LogP contribution is 2.34. The van der Waals surface area contributed by atoms with Crippen LogP contribution >= 0.6 is 0 Å². The lowest BCUT2D eigenvalue weighted by Crippen LogP contribution is -2.29. The Kier molecular flexibility index (Phi) is 5.40. The van der Waals surface area contributed by atoms with E-state index >= 15 is 0 Å². The molecule has 0 saturated heterocycles. The number of aryl methyl sites for hydroxylation is 1. The van der Waals surface area contributed by atoms with Gasteiger partial charge in [-0.2, -0.15) is 13.8 Å². The molecule has 0 spiro atoms. The Morgan fingerprint density at radius 1 is 1.33 bits per heavy atom. The third-order valence-electron chi connectivity index (χ3n) is 5.00. The Balaban J connectivity index is 1.51. The van der Waals surface area contributed by atoms with Crippen molar-refractivity contribution >= 4 is 5.91 Å². The summed E-state index contributed by atoms with van der Waals surface area (Å²) < 4.78 is 31.1. The number of aromatic nitrogens is 3. The van der Waals surface area contributed by atoms with Crippen LogP contribution in [0.1, 0.15) is 46.3 Å².